The molecule has 1 aromatic heterocycles. The van der Waals surface area contributed by atoms with E-state index in [0.717, 1.165) is 10.4 Å². The van der Waals surface area contributed by atoms with Gasteiger partial charge in [0.15, 0.2) is 0 Å². The van der Waals surface area contributed by atoms with Crippen molar-refractivity contribution in [2.24, 2.45) is 0 Å². The molecule has 88 valence electrons. The highest BCUT2D eigenvalue weighted by molar-refractivity contribution is 9.11. The zero-order valence-corrected chi connectivity index (χ0v) is 11.2. The summed E-state index contributed by atoms with van der Waals surface area (Å²) in [6.07, 6.45) is 0. The summed E-state index contributed by atoms with van der Waals surface area (Å²) >= 11 is 4.59. The van der Waals surface area contributed by atoms with Crippen molar-refractivity contribution in [3.63, 3.8) is 0 Å². The minimum absolute atomic E-state index is 0.273. The Morgan fingerprint density at radius 1 is 1.35 bits per heavy atom. The predicted octanol–water partition coefficient (Wildman–Crippen LogP) is 4.32. The smallest absolute Gasteiger partial charge is 0.338 e. The van der Waals surface area contributed by atoms with Crippen molar-refractivity contribution in [2.45, 2.75) is 6.92 Å². The van der Waals surface area contributed by atoms with Crippen LogP contribution in [0.15, 0.2) is 28.1 Å². The monoisotopic (exact) mass is 314 g/mol. The number of carboxylic acids is 1. The number of thiophene rings is 1. The molecular weight excluding hydrogens is 307 g/mol. The summed E-state index contributed by atoms with van der Waals surface area (Å²) < 4.78 is 13.4. The third kappa shape index (κ3) is 2.25. The molecule has 0 saturated heterocycles. The summed E-state index contributed by atoms with van der Waals surface area (Å²) in [6.45, 7) is 1.75. The van der Waals surface area contributed by atoms with E-state index in [1.807, 2.05) is 0 Å². The molecule has 0 aliphatic rings. The highest BCUT2D eigenvalue weighted by Gasteiger charge is 2.19. The van der Waals surface area contributed by atoms with Gasteiger partial charge in [0.2, 0.25) is 0 Å². The van der Waals surface area contributed by atoms with Crippen LogP contribution in [-0.2, 0) is 0 Å². The molecule has 0 bridgehead atoms. The molecule has 0 aliphatic heterocycles. The zero-order valence-electron chi connectivity index (χ0n) is 8.83. The van der Waals surface area contributed by atoms with Crippen LogP contribution in [0.25, 0.3) is 10.4 Å². The lowest BCUT2D eigenvalue weighted by molar-refractivity contribution is 0.0696. The Kier molecular flexibility index (Phi) is 3.31. The van der Waals surface area contributed by atoms with Crippen LogP contribution in [0.4, 0.5) is 4.39 Å². The average Bonchev–Trinajstić information content (AvgIpc) is 2.55. The zero-order chi connectivity index (χ0) is 12.6. The first-order valence-corrected chi connectivity index (χ1v) is 6.39. The molecule has 0 saturated carbocycles. The first-order chi connectivity index (χ1) is 8.00. The van der Waals surface area contributed by atoms with Crippen molar-refractivity contribution in [3.8, 4) is 10.4 Å². The van der Waals surface area contributed by atoms with Gasteiger partial charge >= 0.3 is 5.97 Å². The summed E-state index contributed by atoms with van der Waals surface area (Å²) in [6, 6.07) is 6.02. The second kappa shape index (κ2) is 4.58. The van der Waals surface area contributed by atoms with E-state index in [-0.39, 0.29) is 11.4 Å². The molecule has 0 amide bonds. The van der Waals surface area contributed by atoms with Crippen LogP contribution < -0.4 is 0 Å². The Labute approximate surface area is 110 Å². The Morgan fingerprint density at radius 2 is 1.94 bits per heavy atom. The van der Waals surface area contributed by atoms with Crippen molar-refractivity contribution in [3.05, 3.63) is 45.0 Å². The van der Waals surface area contributed by atoms with Crippen LogP contribution >= 0.6 is 27.3 Å². The van der Waals surface area contributed by atoms with E-state index in [1.54, 1.807) is 19.1 Å². The minimum atomic E-state index is -0.959. The van der Waals surface area contributed by atoms with Crippen LogP contribution in [0.5, 0.6) is 0 Å². The summed E-state index contributed by atoms with van der Waals surface area (Å²) in [5.41, 5.74) is 1.79. The van der Waals surface area contributed by atoms with E-state index in [1.165, 1.54) is 23.5 Å². The van der Waals surface area contributed by atoms with Gasteiger partial charge in [-0.25, -0.2) is 9.18 Å². The summed E-state index contributed by atoms with van der Waals surface area (Å²) in [5.74, 6) is -1.26. The van der Waals surface area contributed by atoms with E-state index >= 15 is 0 Å². The standard InChI is InChI=1S/C12H8BrFO2S/c1-6-9(12(15)16)11(13)17-10(6)7-2-4-8(14)5-3-7/h2-5H,1H3,(H,15,16). The van der Waals surface area contributed by atoms with E-state index in [0.29, 0.717) is 9.35 Å². The molecule has 0 spiro atoms. The van der Waals surface area contributed by atoms with Gasteiger partial charge in [0.05, 0.1) is 9.35 Å². The van der Waals surface area contributed by atoms with E-state index in [2.05, 4.69) is 15.9 Å². The lowest BCUT2D eigenvalue weighted by Crippen LogP contribution is -1.97. The maximum Gasteiger partial charge on any atom is 0.338 e. The fraction of sp³-hybridized carbons (Fsp3) is 0.0833. The molecule has 0 unspecified atom stereocenters. The Hall–Kier alpha value is -1.20. The maximum absolute atomic E-state index is 12.8. The number of hydrogen-bond acceptors (Lipinski definition) is 2. The maximum atomic E-state index is 12.8. The molecule has 0 radical (unpaired) electrons. The molecule has 2 aromatic rings. The van der Waals surface area contributed by atoms with Crippen molar-refractivity contribution in [1.29, 1.82) is 0 Å². The van der Waals surface area contributed by atoms with E-state index < -0.39 is 5.97 Å². The van der Waals surface area contributed by atoms with Crippen LogP contribution in [0.3, 0.4) is 0 Å². The summed E-state index contributed by atoms with van der Waals surface area (Å²) in [5, 5.41) is 9.07. The third-order valence-corrected chi connectivity index (χ3v) is 4.44. The van der Waals surface area contributed by atoms with Crippen molar-refractivity contribution < 1.29 is 14.3 Å². The van der Waals surface area contributed by atoms with Crippen LogP contribution in [0.1, 0.15) is 15.9 Å². The van der Waals surface area contributed by atoms with Crippen molar-refractivity contribution >= 4 is 33.2 Å². The highest BCUT2D eigenvalue weighted by atomic mass is 79.9. The summed E-state index contributed by atoms with van der Waals surface area (Å²) in [4.78, 5) is 11.9. The molecule has 5 heteroatoms. The molecule has 1 aromatic carbocycles. The molecule has 0 fully saturated rings. The molecule has 2 rings (SSSR count). The SMILES string of the molecule is Cc1c(-c2ccc(F)cc2)sc(Br)c1C(=O)O. The molecule has 2 nitrogen and oxygen atoms in total. The van der Waals surface area contributed by atoms with Crippen LogP contribution in [0.2, 0.25) is 0 Å². The van der Waals surface area contributed by atoms with Gasteiger partial charge < -0.3 is 5.11 Å². The minimum Gasteiger partial charge on any atom is -0.478 e. The number of benzene rings is 1. The Bertz CT molecular complexity index is 575. The van der Waals surface area contributed by atoms with Crippen molar-refractivity contribution in [1.82, 2.24) is 0 Å². The van der Waals surface area contributed by atoms with Crippen molar-refractivity contribution in [2.75, 3.05) is 0 Å². The van der Waals surface area contributed by atoms with Gasteiger partial charge in [-0.3, -0.25) is 0 Å². The van der Waals surface area contributed by atoms with E-state index in [9.17, 15) is 9.18 Å². The molecule has 1 heterocycles. The third-order valence-electron chi connectivity index (χ3n) is 2.42. The van der Waals surface area contributed by atoms with Gasteiger partial charge in [-0.1, -0.05) is 12.1 Å². The van der Waals surface area contributed by atoms with Gasteiger partial charge in [-0.05, 0) is 46.1 Å². The summed E-state index contributed by atoms with van der Waals surface area (Å²) in [7, 11) is 0. The number of carbonyl (C=O) groups is 1. The average molecular weight is 315 g/mol. The van der Waals surface area contributed by atoms with Gasteiger partial charge in [-0.2, -0.15) is 0 Å². The molecule has 0 atom stereocenters. The first kappa shape index (κ1) is 12.3. The predicted molar refractivity (Wildman–Crippen MR) is 69.1 cm³/mol. The molecular formula is C12H8BrFO2S. The highest BCUT2D eigenvalue weighted by Crippen LogP contribution is 2.39. The van der Waals surface area contributed by atoms with Crippen LogP contribution in [-0.4, -0.2) is 11.1 Å². The fourth-order valence-corrected chi connectivity index (χ4v) is 3.58. The first-order valence-electron chi connectivity index (χ1n) is 4.79. The fourth-order valence-electron chi connectivity index (χ4n) is 1.60. The normalized spacial score (nSPS) is 10.5. The number of hydrogen-bond donors (Lipinski definition) is 1. The second-order valence-electron chi connectivity index (χ2n) is 3.52. The molecule has 1 N–H and O–H groups in total. The van der Waals surface area contributed by atoms with Gasteiger partial charge in [0.1, 0.15) is 5.82 Å². The number of rotatable bonds is 2. The number of aromatic carboxylic acids is 1. The molecule has 17 heavy (non-hydrogen) atoms. The van der Waals surface area contributed by atoms with Gasteiger partial charge in [0.25, 0.3) is 0 Å². The largest absolute Gasteiger partial charge is 0.478 e. The lowest BCUT2D eigenvalue weighted by atomic mass is 10.1. The Balaban J connectivity index is 2.57. The second-order valence-corrected chi connectivity index (χ2v) is 5.86. The van der Waals surface area contributed by atoms with E-state index in [4.69, 9.17) is 5.11 Å². The van der Waals surface area contributed by atoms with Crippen LogP contribution in [0, 0.1) is 12.7 Å². The number of carboxylic acid groups (broad SMARTS) is 1. The number of halogens is 2. The lowest BCUT2D eigenvalue weighted by Gasteiger charge is -2.00. The topological polar surface area (TPSA) is 37.3 Å². The van der Waals surface area contributed by atoms with Gasteiger partial charge in [0, 0.05) is 4.88 Å². The van der Waals surface area contributed by atoms with Gasteiger partial charge in [-0.15, -0.1) is 11.3 Å². The Morgan fingerprint density at radius 3 is 2.41 bits per heavy atom. The quantitative estimate of drug-likeness (QED) is 0.896. The molecule has 0 aliphatic carbocycles.